The Morgan fingerprint density at radius 1 is 1.20 bits per heavy atom. The predicted octanol–water partition coefficient (Wildman–Crippen LogP) is 2.15. The van der Waals surface area contributed by atoms with Crippen molar-refractivity contribution in [2.75, 3.05) is 0 Å². The van der Waals surface area contributed by atoms with Crippen molar-refractivity contribution in [3.8, 4) is 12.1 Å². The Kier molecular flexibility index (Phi) is 6.73. The smallest absolute Gasteiger partial charge is 0.0908 e. The van der Waals surface area contributed by atoms with Crippen molar-refractivity contribution >= 4 is 0 Å². The summed E-state index contributed by atoms with van der Waals surface area (Å²) < 4.78 is 0. The van der Waals surface area contributed by atoms with E-state index in [1.807, 2.05) is 12.1 Å². The number of rotatable bonds is 4. The summed E-state index contributed by atoms with van der Waals surface area (Å²) in [6, 6.07) is 3.98. The van der Waals surface area contributed by atoms with Gasteiger partial charge in [0.05, 0.1) is 12.1 Å². The van der Waals surface area contributed by atoms with Gasteiger partial charge in [-0.25, -0.2) is 0 Å². The molecule has 0 saturated carbocycles. The van der Waals surface area contributed by atoms with Crippen molar-refractivity contribution in [2.45, 2.75) is 25.7 Å². The Morgan fingerprint density at radius 3 is 2.60 bits per heavy atom. The molecule has 0 aliphatic carbocycles. The predicted molar refractivity (Wildman–Crippen MR) is 38.8 cm³/mol. The second-order valence-corrected chi connectivity index (χ2v) is 1.94. The standard InChI is InChI=1S/C8H10N2/c9-7-5-3-1-2-4-6-8-10/h3,5H,1-2,4,6H2/b5-3+. The molecule has 0 saturated heterocycles. The molecule has 0 bridgehead atoms. The molecule has 0 N–H and O–H groups in total. The zero-order valence-electron chi connectivity index (χ0n) is 5.88. The molecule has 2 nitrogen and oxygen atoms in total. The van der Waals surface area contributed by atoms with Crippen LogP contribution < -0.4 is 0 Å². The minimum absolute atomic E-state index is 0.625. The van der Waals surface area contributed by atoms with Gasteiger partial charge >= 0.3 is 0 Å². The summed E-state index contributed by atoms with van der Waals surface area (Å²) in [7, 11) is 0. The Morgan fingerprint density at radius 2 is 2.00 bits per heavy atom. The van der Waals surface area contributed by atoms with E-state index in [-0.39, 0.29) is 0 Å². The lowest BCUT2D eigenvalue weighted by molar-refractivity contribution is 0.768. The number of nitriles is 2. The lowest BCUT2D eigenvalue weighted by atomic mass is 10.2. The number of allylic oxidation sites excluding steroid dienone is 2. The van der Waals surface area contributed by atoms with Gasteiger partial charge in [-0.2, -0.15) is 10.5 Å². The summed E-state index contributed by atoms with van der Waals surface area (Å²) in [4.78, 5) is 0. The first kappa shape index (κ1) is 8.72. The van der Waals surface area contributed by atoms with Crippen molar-refractivity contribution in [2.24, 2.45) is 0 Å². The summed E-state index contributed by atoms with van der Waals surface area (Å²) in [5.74, 6) is 0. The van der Waals surface area contributed by atoms with Crippen LogP contribution in [0.2, 0.25) is 0 Å². The van der Waals surface area contributed by atoms with Gasteiger partial charge in [0.15, 0.2) is 0 Å². The topological polar surface area (TPSA) is 47.6 Å². The van der Waals surface area contributed by atoms with Crippen molar-refractivity contribution < 1.29 is 0 Å². The molecule has 0 aromatic carbocycles. The quantitative estimate of drug-likeness (QED) is 0.437. The molecular weight excluding hydrogens is 124 g/mol. The van der Waals surface area contributed by atoms with E-state index >= 15 is 0 Å². The van der Waals surface area contributed by atoms with E-state index in [1.165, 1.54) is 6.08 Å². The van der Waals surface area contributed by atoms with Gasteiger partial charge in [-0.1, -0.05) is 6.08 Å². The normalized spacial score (nSPS) is 9.00. The molecule has 2 heteroatoms. The number of hydrogen-bond acceptors (Lipinski definition) is 2. The van der Waals surface area contributed by atoms with Crippen molar-refractivity contribution in [3.05, 3.63) is 12.2 Å². The van der Waals surface area contributed by atoms with Crippen molar-refractivity contribution in [3.63, 3.8) is 0 Å². The molecule has 0 aromatic rings. The second-order valence-electron chi connectivity index (χ2n) is 1.94. The van der Waals surface area contributed by atoms with Gasteiger partial charge in [-0.05, 0) is 19.3 Å². The van der Waals surface area contributed by atoms with Gasteiger partial charge in [0.1, 0.15) is 0 Å². The summed E-state index contributed by atoms with van der Waals surface area (Å²) in [5, 5.41) is 16.2. The Bertz CT molecular complexity index is 169. The van der Waals surface area contributed by atoms with Crippen LogP contribution in [0.4, 0.5) is 0 Å². The fourth-order valence-electron chi connectivity index (χ4n) is 0.602. The molecule has 0 aliphatic rings. The molecular formula is C8H10N2. The maximum absolute atomic E-state index is 8.15. The van der Waals surface area contributed by atoms with Crippen LogP contribution in [0.15, 0.2) is 12.2 Å². The molecule has 10 heavy (non-hydrogen) atoms. The molecule has 0 atom stereocenters. The first-order chi connectivity index (χ1) is 4.91. The van der Waals surface area contributed by atoms with E-state index in [0.717, 1.165) is 19.3 Å². The van der Waals surface area contributed by atoms with Crippen molar-refractivity contribution in [1.29, 1.82) is 10.5 Å². The minimum atomic E-state index is 0.625. The third-order valence-electron chi connectivity index (χ3n) is 1.10. The highest BCUT2D eigenvalue weighted by Crippen LogP contribution is 1.98. The fourth-order valence-corrected chi connectivity index (χ4v) is 0.602. The Hall–Kier alpha value is -1.28. The minimum Gasteiger partial charge on any atom is -0.198 e. The number of hydrogen-bond donors (Lipinski definition) is 0. The van der Waals surface area contributed by atoms with Gasteiger partial charge in [-0.15, -0.1) is 0 Å². The number of nitrogens with zero attached hydrogens (tertiary/aromatic N) is 2. The average molecular weight is 134 g/mol. The zero-order valence-corrected chi connectivity index (χ0v) is 5.88. The third-order valence-corrected chi connectivity index (χ3v) is 1.10. The molecule has 52 valence electrons. The maximum atomic E-state index is 8.15. The molecule has 0 amide bonds. The third kappa shape index (κ3) is 6.72. The van der Waals surface area contributed by atoms with Gasteiger partial charge in [0.2, 0.25) is 0 Å². The first-order valence-corrected chi connectivity index (χ1v) is 3.33. The summed E-state index contributed by atoms with van der Waals surface area (Å²) in [5.41, 5.74) is 0. The molecule has 0 aliphatic heterocycles. The summed E-state index contributed by atoms with van der Waals surface area (Å²) in [6.07, 6.45) is 6.79. The highest BCUT2D eigenvalue weighted by Gasteiger charge is 1.82. The lowest BCUT2D eigenvalue weighted by Gasteiger charge is -1.87. The van der Waals surface area contributed by atoms with Gasteiger partial charge in [0.25, 0.3) is 0 Å². The SMILES string of the molecule is N#C/C=C/CCCCC#N. The van der Waals surface area contributed by atoms with Crippen LogP contribution in [0, 0.1) is 22.7 Å². The zero-order chi connectivity index (χ0) is 7.66. The monoisotopic (exact) mass is 134 g/mol. The average Bonchev–Trinajstić information content (AvgIpc) is 1.97. The Balaban J connectivity index is 3.01. The molecule has 0 heterocycles. The van der Waals surface area contributed by atoms with Crippen LogP contribution in [-0.2, 0) is 0 Å². The van der Waals surface area contributed by atoms with Gasteiger partial charge in [-0.3, -0.25) is 0 Å². The van der Waals surface area contributed by atoms with Gasteiger partial charge in [0, 0.05) is 12.5 Å². The van der Waals surface area contributed by atoms with Crippen LogP contribution in [0.5, 0.6) is 0 Å². The van der Waals surface area contributed by atoms with E-state index < -0.39 is 0 Å². The van der Waals surface area contributed by atoms with E-state index in [2.05, 4.69) is 6.07 Å². The Labute approximate surface area is 61.4 Å². The largest absolute Gasteiger partial charge is 0.198 e. The van der Waals surface area contributed by atoms with E-state index in [0.29, 0.717) is 6.42 Å². The van der Waals surface area contributed by atoms with Crippen LogP contribution in [0.1, 0.15) is 25.7 Å². The van der Waals surface area contributed by atoms with Crippen LogP contribution in [0.25, 0.3) is 0 Å². The molecule has 0 spiro atoms. The molecule has 0 unspecified atom stereocenters. The second kappa shape index (κ2) is 7.72. The maximum Gasteiger partial charge on any atom is 0.0908 e. The van der Waals surface area contributed by atoms with Crippen LogP contribution in [0.3, 0.4) is 0 Å². The fraction of sp³-hybridized carbons (Fsp3) is 0.500. The van der Waals surface area contributed by atoms with E-state index in [9.17, 15) is 0 Å². The van der Waals surface area contributed by atoms with Gasteiger partial charge < -0.3 is 0 Å². The highest BCUT2D eigenvalue weighted by molar-refractivity contribution is 5.01. The number of unbranched alkanes of at least 4 members (excludes halogenated alkanes) is 3. The molecule has 0 fully saturated rings. The lowest BCUT2D eigenvalue weighted by Crippen LogP contribution is -1.71. The van der Waals surface area contributed by atoms with E-state index in [4.69, 9.17) is 10.5 Å². The summed E-state index contributed by atoms with van der Waals surface area (Å²) >= 11 is 0. The molecule has 0 rings (SSSR count). The molecule has 0 aromatic heterocycles. The first-order valence-electron chi connectivity index (χ1n) is 3.33. The van der Waals surface area contributed by atoms with Crippen LogP contribution in [-0.4, -0.2) is 0 Å². The van der Waals surface area contributed by atoms with Crippen LogP contribution >= 0.6 is 0 Å². The summed E-state index contributed by atoms with van der Waals surface area (Å²) in [6.45, 7) is 0. The highest BCUT2D eigenvalue weighted by atomic mass is 14.2. The van der Waals surface area contributed by atoms with Crippen molar-refractivity contribution in [1.82, 2.24) is 0 Å². The van der Waals surface area contributed by atoms with E-state index in [1.54, 1.807) is 0 Å². The molecule has 0 radical (unpaired) electrons.